The Hall–Kier alpha value is -8.72. The third-order valence-corrected chi connectivity index (χ3v) is 14.6. The zero-order valence-electron chi connectivity index (χ0n) is 36.6. The first-order valence-electron chi connectivity index (χ1n) is 23.3. The molecule has 0 amide bonds. The Morgan fingerprint density at radius 2 is 0.866 bits per heavy atom. The maximum absolute atomic E-state index is 2.52. The number of para-hydroxylation sites is 4. The van der Waals surface area contributed by atoms with Crippen molar-refractivity contribution in [1.82, 2.24) is 4.57 Å². The zero-order chi connectivity index (χ0) is 44.1. The summed E-state index contributed by atoms with van der Waals surface area (Å²) in [6.07, 6.45) is 0. The fourth-order valence-corrected chi connectivity index (χ4v) is 11.7. The molecule has 0 bridgehead atoms. The molecule has 1 aliphatic carbocycles. The summed E-state index contributed by atoms with van der Waals surface area (Å²) >= 11 is 0. The number of benzene rings is 11. The van der Waals surface area contributed by atoms with Crippen LogP contribution in [0.3, 0.4) is 0 Å². The summed E-state index contributed by atoms with van der Waals surface area (Å²) in [5.41, 5.74) is 21.7. The number of rotatable bonds is 6. The molecule has 0 saturated carbocycles. The van der Waals surface area contributed by atoms with Gasteiger partial charge in [0.15, 0.2) is 0 Å². The Labute approximate surface area is 389 Å². The van der Waals surface area contributed by atoms with Crippen LogP contribution in [0.15, 0.2) is 255 Å². The average molecular weight is 851 g/mol. The molecular formula is C65H42N2. The van der Waals surface area contributed by atoms with Crippen molar-refractivity contribution in [2.24, 2.45) is 0 Å². The molecule has 14 rings (SSSR count). The summed E-state index contributed by atoms with van der Waals surface area (Å²) in [5.74, 6) is 0. The van der Waals surface area contributed by atoms with E-state index in [4.69, 9.17) is 0 Å². The van der Waals surface area contributed by atoms with Crippen LogP contribution in [0.25, 0.3) is 82.8 Å². The van der Waals surface area contributed by atoms with E-state index in [9.17, 15) is 0 Å². The van der Waals surface area contributed by atoms with Crippen molar-refractivity contribution < 1.29 is 0 Å². The predicted molar refractivity (Wildman–Crippen MR) is 280 cm³/mol. The van der Waals surface area contributed by atoms with E-state index >= 15 is 0 Å². The normalized spacial score (nSPS) is 14.3. The minimum Gasteiger partial charge on any atom is -0.309 e. The largest absolute Gasteiger partial charge is 0.309 e. The molecule has 0 saturated heterocycles. The molecule has 2 heterocycles. The van der Waals surface area contributed by atoms with E-state index in [1.807, 2.05) is 0 Å². The zero-order valence-corrected chi connectivity index (χ0v) is 36.6. The Kier molecular flexibility index (Phi) is 8.23. The van der Waals surface area contributed by atoms with Gasteiger partial charge in [0, 0.05) is 27.4 Å². The Morgan fingerprint density at radius 3 is 1.73 bits per heavy atom. The number of aromatic nitrogens is 1. The first-order valence-corrected chi connectivity index (χ1v) is 23.3. The lowest BCUT2D eigenvalue weighted by Gasteiger charge is -2.39. The van der Waals surface area contributed by atoms with Gasteiger partial charge < -0.3 is 9.47 Å². The number of hydrogen-bond donors (Lipinski definition) is 0. The first kappa shape index (κ1) is 37.6. The summed E-state index contributed by atoms with van der Waals surface area (Å²) in [5, 5.41) is 4.99. The van der Waals surface area contributed by atoms with E-state index < -0.39 is 5.41 Å². The van der Waals surface area contributed by atoms with E-state index in [-0.39, 0.29) is 0 Å². The summed E-state index contributed by atoms with van der Waals surface area (Å²) < 4.78 is 2.52. The van der Waals surface area contributed by atoms with Crippen LogP contribution >= 0.6 is 0 Å². The molecule has 1 spiro atoms. The van der Waals surface area contributed by atoms with Crippen LogP contribution in [0.5, 0.6) is 0 Å². The fraction of sp³-hybridized carbons (Fsp3) is 0.0154. The van der Waals surface area contributed by atoms with E-state index in [0.717, 1.165) is 17.1 Å². The third kappa shape index (κ3) is 5.45. The molecule has 312 valence electrons. The molecule has 1 aromatic heterocycles. The van der Waals surface area contributed by atoms with Crippen molar-refractivity contribution in [3.8, 4) is 50.2 Å². The molecule has 1 unspecified atom stereocenters. The average Bonchev–Trinajstić information content (AvgIpc) is 3.90. The second-order valence-corrected chi connectivity index (χ2v) is 18.0. The van der Waals surface area contributed by atoms with E-state index in [2.05, 4.69) is 264 Å². The van der Waals surface area contributed by atoms with Crippen molar-refractivity contribution in [3.05, 3.63) is 277 Å². The number of hydrogen-bond acceptors (Lipinski definition) is 1. The minimum absolute atomic E-state index is 0.503. The van der Waals surface area contributed by atoms with Crippen molar-refractivity contribution in [2.75, 3.05) is 4.90 Å². The SMILES string of the molecule is c1ccc(-c2ccc(-c3ccccc3N(c3ccc(-c4ccc5c(c4)C4(c6ccccc6-5)c5ccccc5-n5c6ccccc6c6cccc4c65)cc3)c3cccc4ccccc34)cc2)cc1. The van der Waals surface area contributed by atoms with Gasteiger partial charge in [-0.3, -0.25) is 0 Å². The highest BCUT2D eigenvalue weighted by Gasteiger charge is 2.50. The maximum atomic E-state index is 2.52. The van der Waals surface area contributed by atoms with Crippen LogP contribution in [0.1, 0.15) is 22.3 Å². The molecule has 0 fully saturated rings. The first-order chi connectivity index (χ1) is 33.3. The third-order valence-electron chi connectivity index (χ3n) is 14.6. The molecule has 2 aliphatic rings. The molecule has 1 atom stereocenters. The lowest BCUT2D eigenvalue weighted by atomic mass is 9.65. The summed E-state index contributed by atoms with van der Waals surface area (Å²) in [6.45, 7) is 0. The molecule has 11 aromatic carbocycles. The van der Waals surface area contributed by atoms with Gasteiger partial charge in [-0.2, -0.15) is 0 Å². The van der Waals surface area contributed by atoms with Crippen molar-refractivity contribution in [2.45, 2.75) is 5.41 Å². The van der Waals surface area contributed by atoms with Gasteiger partial charge in [-0.05, 0) is 109 Å². The van der Waals surface area contributed by atoms with Gasteiger partial charge >= 0.3 is 0 Å². The van der Waals surface area contributed by atoms with E-state index in [1.54, 1.807) is 0 Å². The lowest BCUT2D eigenvalue weighted by Crippen LogP contribution is -2.33. The van der Waals surface area contributed by atoms with Crippen LogP contribution in [0, 0.1) is 0 Å². The number of anilines is 3. The van der Waals surface area contributed by atoms with Crippen LogP contribution in [0.2, 0.25) is 0 Å². The smallest absolute Gasteiger partial charge is 0.0754 e. The molecule has 0 radical (unpaired) electrons. The van der Waals surface area contributed by atoms with Crippen LogP contribution in [0.4, 0.5) is 17.1 Å². The van der Waals surface area contributed by atoms with Gasteiger partial charge in [0.25, 0.3) is 0 Å². The Bertz CT molecular complexity index is 3910. The Balaban J connectivity index is 0.934. The highest BCUT2D eigenvalue weighted by molar-refractivity contribution is 6.13. The molecule has 67 heavy (non-hydrogen) atoms. The van der Waals surface area contributed by atoms with Crippen molar-refractivity contribution >= 4 is 49.6 Å². The van der Waals surface area contributed by atoms with Gasteiger partial charge in [0.1, 0.15) is 0 Å². The Morgan fingerprint density at radius 1 is 0.313 bits per heavy atom. The van der Waals surface area contributed by atoms with Crippen LogP contribution in [-0.4, -0.2) is 4.57 Å². The topological polar surface area (TPSA) is 8.17 Å². The molecular weight excluding hydrogens is 809 g/mol. The standard InChI is InChI=1S/C65H42N2/c1-2-16-43(17-3-1)44-32-34-47(35-33-44)51-21-7-11-28-60(51)66(61-31-14-19-46-18-4-5-20-50(46)61)49-39-36-45(37-40-49)48-38-41-53-52-22-6-9-25-56(52)65(59(53)42-48)57-26-10-13-30-63(57)67-62-29-12-8-23-54(62)55-24-15-27-58(65)64(55)67/h1-42H. The molecule has 2 nitrogen and oxygen atoms in total. The number of nitrogens with zero attached hydrogens (tertiary/aromatic N) is 2. The van der Waals surface area contributed by atoms with Gasteiger partial charge in [-0.15, -0.1) is 0 Å². The van der Waals surface area contributed by atoms with Gasteiger partial charge in [0.05, 0.1) is 33.5 Å². The predicted octanol–water partition coefficient (Wildman–Crippen LogP) is 17.1. The molecule has 0 N–H and O–H groups in total. The lowest BCUT2D eigenvalue weighted by molar-refractivity contribution is 0.749. The molecule has 12 aromatic rings. The van der Waals surface area contributed by atoms with Gasteiger partial charge in [0.2, 0.25) is 0 Å². The molecule has 2 heteroatoms. The highest BCUT2D eigenvalue weighted by atomic mass is 15.1. The van der Waals surface area contributed by atoms with Crippen molar-refractivity contribution in [1.29, 1.82) is 0 Å². The molecule has 1 aliphatic heterocycles. The van der Waals surface area contributed by atoms with Gasteiger partial charge in [-0.1, -0.05) is 212 Å². The van der Waals surface area contributed by atoms with E-state index in [1.165, 1.54) is 105 Å². The van der Waals surface area contributed by atoms with Crippen LogP contribution < -0.4 is 4.90 Å². The fourth-order valence-electron chi connectivity index (χ4n) is 11.7. The quantitative estimate of drug-likeness (QED) is 0.162. The summed E-state index contributed by atoms with van der Waals surface area (Å²) in [7, 11) is 0. The second kappa shape index (κ2) is 14.7. The van der Waals surface area contributed by atoms with E-state index in [0.29, 0.717) is 0 Å². The van der Waals surface area contributed by atoms with Crippen LogP contribution in [-0.2, 0) is 5.41 Å². The minimum atomic E-state index is -0.503. The second-order valence-electron chi connectivity index (χ2n) is 18.0. The summed E-state index contributed by atoms with van der Waals surface area (Å²) in [4.78, 5) is 2.44. The maximum Gasteiger partial charge on any atom is 0.0754 e. The monoisotopic (exact) mass is 850 g/mol. The summed E-state index contributed by atoms with van der Waals surface area (Å²) in [6, 6.07) is 94.3. The van der Waals surface area contributed by atoms with Crippen molar-refractivity contribution in [3.63, 3.8) is 0 Å². The number of fused-ring (bicyclic) bond motifs is 13. The highest BCUT2D eigenvalue weighted by Crippen LogP contribution is 2.61. The van der Waals surface area contributed by atoms with Gasteiger partial charge in [-0.25, -0.2) is 0 Å².